The molecule has 0 aliphatic carbocycles. The summed E-state index contributed by atoms with van der Waals surface area (Å²) in [5.74, 6) is 1.56. The van der Waals surface area contributed by atoms with E-state index in [0.717, 1.165) is 37.7 Å². The van der Waals surface area contributed by atoms with Crippen LogP contribution in [0.15, 0.2) is 6.07 Å². The molecule has 2 N–H and O–H groups in total. The first kappa shape index (κ1) is 11.1. The van der Waals surface area contributed by atoms with Gasteiger partial charge in [0, 0.05) is 24.9 Å². The third-order valence-corrected chi connectivity index (χ3v) is 2.47. The van der Waals surface area contributed by atoms with Gasteiger partial charge in [0.25, 0.3) is 0 Å². The molecule has 1 saturated heterocycles. The van der Waals surface area contributed by atoms with E-state index in [1.165, 1.54) is 0 Å². The number of nitrogens with zero attached hydrogens (tertiary/aromatic N) is 2. The average molecular weight is 222 g/mol. The van der Waals surface area contributed by atoms with Crippen molar-refractivity contribution < 1.29 is 4.74 Å². The van der Waals surface area contributed by atoms with Crippen molar-refractivity contribution in [1.29, 1.82) is 0 Å². The number of hydrogen-bond acceptors (Lipinski definition) is 5. The summed E-state index contributed by atoms with van der Waals surface area (Å²) in [6.07, 6.45) is 1.04. The van der Waals surface area contributed by atoms with Crippen LogP contribution >= 0.6 is 0 Å². The fraction of sp³-hybridized carbons (Fsp3) is 0.636. The Bertz CT molecular complexity index is 350. The molecule has 5 heteroatoms. The molecule has 88 valence electrons. The van der Waals surface area contributed by atoms with Gasteiger partial charge in [-0.1, -0.05) is 0 Å². The number of anilines is 2. The molecule has 5 nitrogen and oxygen atoms in total. The van der Waals surface area contributed by atoms with Crippen molar-refractivity contribution >= 4 is 11.8 Å². The molecule has 0 aromatic carbocycles. The summed E-state index contributed by atoms with van der Waals surface area (Å²) in [4.78, 5) is 8.70. The van der Waals surface area contributed by atoms with E-state index >= 15 is 0 Å². The molecule has 1 aliphatic heterocycles. The van der Waals surface area contributed by atoms with Crippen LogP contribution in [0.4, 0.5) is 11.8 Å². The van der Waals surface area contributed by atoms with Crippen LogP contribution in [0.1, 0.15) is 19.0 Å². The van der Waals surface area contributed by atoms with Crippen molar-refractivity contribution in [2.45, 2.75) is 26.3 Å². The molecule has 0 spiro atoms. The Morgan fingerprint density at radius 1 is 1.50 bits per heavy atom. The minimum Gasteiger partial charge on any atom is -0.379 e. The molecule has 0 radical (unpaired) electrons. The van der Waals surface area contributed by atoms with Crippen LogP contribution in [0.3, 0.4) is 0 Å². The maximum atomic E-state index is 5.32. The lowest BCUT2D eigenvalue weighted by molar-refractivity contribution is 0.195. The second-order valence-electron chi connectivity index (χ2n) is 3.95. The number of ether oxygens (including phenoxy) is 1. The maximum absolute atomic E-state index is 5.32. The van der Waals surface area contributed by atoms with Gasteiger partial charge >= 0.3 is 0 Å². The van der Waals surface area contributed by atoms with E-state index in [0.29, 0.717) is 12.0 Å². The van der Waals surface area contributed by atoms with E-state index in [4.69, 9.17) is 4.74 Å². The SMILES string of the molecule is CCNc1nc(C)cc(NC2CCOC2)n1. The van der Waals surface area contributed by atoms with Crippen LogP contribution < -0.4 is 10.6 Å². The van der Waals surface area contributed by atoms with E-state index < -0.39 is 0 Å². The first-order valence-corrected chi connectivity index (χ1v) is 5.71. The van der Waals surface area contributed by atoms with Crippen molar-refractivity contribution in [3.8, 4) is 0 Å². The Labute approximate surface area is 95.6 Å². The number of hydrogen-bond donors (Lipinski definition) is 2. The third-order valence-electron chi connectivity index (χ3n) is 2.47. The lowest BCUT2D eigenvalue weighted by atomic mass is 10.2. The molecule has 1 aromatic rings. The Kier molecular flexibility index (Phi) is 3.56. The van der Waals surface area contributed by atoms with E-state index in [1.807, 2.05) is 19.9 Å². The highest BCUT2D eigenvalue weighted by Gasteiger charge is 2.15. The first-order chi connectivity index (χ1) is 7.78. The predicted molar refractivity (Wildman–Crippen MR) is 63.8 cm³/mol. The van der Waals surface area contributed by atoms with Crippen LogP contribution in [-0.2, 0) is 4.74 Å². The molecular weight excluding hydrogens is 204 g/mol. The van der Waals surface area contributed by atoms with Crippen LogP contribution in [-0.4, -0.2) is 35.8 Å². The van der Waals surface area contributed by atoms with Gasteiger partial charge in [0.15, 0.2) is 0 Å². The van der Waals surface area contributed by atoms with Gasteiger partial charge in [-0.05, 0) is 20.3 Å². The Balaban J connectivity index is 2.06. The quantitative estimate of drug-likeness (QED) is 0.806. The number of aryl methyl sites for hydroxylation is 1. The van der Waals surface area contributed by atoms with Gasteiger partial charge in [0.2, 0.25) is 5.95 Å². The zero-order valence-electron chi connectivity index (χ0n) is 9.79. The van der Waals surface area contributed by atoms with Gasteiger partial charge < -0.3 is 15.4 Å². The Morgan fingerprint density at radius 2 is 2.38 bits per heavy atom. The molecule has 1 fully saturated rings. The number of aromatic nitrogens is 2. The molecule has 2 rings (SSSR count). The summed E-state index contributed by atoms with van der Waals surface area (Å²) in [6.45, 7) is 6.43. The molecular formula is C11H18N4O. The molecule has 0 amide bonds. The fourth-order valence-electron chi connectivity index (χ4n) is 1.74. The van der Waals surface area contributed by atoms with Crippen LogP contribution in [0.25, 0.3) is 0 Å². The molecule has 1 aliphatic rings. The summed E-state index contributed by atoms with van der Waals surface area (Å²) < 4.78 is 5.32. The zero-order chi connectivity index (χ0) is 11.4. The van der Waals surface area contributed by atoms with Gasteiger partial charge in [-0.3, -0.25) is 0 Å². The zero-order valence-corrected chi connectivity index (χ0v) is 9.79. The highest BCUT2D eigenvalue weighted by Crippen LogP contribution is 2.14. The van der Waals surface area contributed by atoms with E-state index in [2.05, 4.69) is 20.6 Å². The lowest BCUT2D eigenvalue weighted by Gasteiger charge is -2.12. The van der Waals surface area contributed by atoms with Crippen LogP contribution in [0, 0.1) is 6.92 Å². The number of rotatable bonds is 4. The summed E-state index contributed by atoms with van der Waals surface area (Å²) in [7, 11) is 0. The normalized spacial score (nSPS) is 19.8. The predicted octanol–water partition coefficient (Wildman–Crippen LogP) is 1.42. The third kappa shape index (κ3) is 2.82. The second-order valence-corrected chi connectivity index (χ2v) is 3.95. The highest BCUT2D eigenvalue weighted by molar-refractivity contribution is 5.42. The van der Waals surface area contributed by atoms with Gasteiger partial charge in [0.05, 0.1) is 12.6 Å². The van der Waals surface area contributed by atoms with E-state index in [-0.39, 0.29) is 0 Å². The van der Waals surface area contributed by atoms with Gasteiger partial charge in [-0.15, -0.1) is 0 Å². The molecule has 1 atom stereocenters. The average Bonchev–Trinajstić information content (AvgIpc) is 2.70. The Morgan fingerprint density at radius 3 is 3.06 bits per heavy atom. The molecule has 1 aromatic heterocycles. The molecule has 0 bridgehead atoms. The lowest BCUT2D eigenvalue weighted by Crippen LogP contribution is -2.20. The van der Waals surface area contributed by atoms with E-state index in [9.17, 15) is 0 Å². The summed E-state index contributed by atoms with van der Waals surface area (Å²) in [5.41, 5.74) is 0.965. The minimum atomic E-state index is 0.378. The standard InChI is InChI=1S/C11H18N4O/c1-3-12-11-13-8(2)6-10(15-11)14-9-4-5-16-7-9/h6,9H,3-5,7H2,1-2H3,(H2,12,13,14,15). The topological polar surface area (TPSA) is 59.1 Å². The van der Waals surface area contributed by atoms with Crippen molar-refractivity contribution in [3.63, 3.8) is 0 Å². The number of nitrogens with one attached hydrogen (secondary N) is 2. The smallest absolute Gasteiger partial charge is 0.224 e. The van der Waals surface area contributed by atoms with Crippen molar-refractivity contribution in [3.05, 3.63) is 11.8 Å². The van der Waals surface area contributed by atoms with Crippen LogP contribution in [0.5, 0.6) is 0 Å². The fourth-order valence-corrected chi connectivity index (χ4v) is 1.74. The van der Waals surface area contributed by atoms with Gasteiger partial charge in [0.1, 0.15) is 5.82 Å². The van der Waals surface area contributed by atoms with Crippen LogP contribution in [0.2, 0.25) is 0 Å². The van der Waals surface area contributed by atoms with Crippen molar-refractivity contribution in [2.75, 3.05) is 30.4 Å². The monoisotopic (exact) mass is 222 g/mol. The summed E-state index contributed by atoms with van der Waals surface area (Å²) >= 11 is 0. The molecule has 0 saturated carbocycles. The maximum Gasteiger partial charge on any atom is 0.224 e. The van der Waals surface area contributed by atoms with Crippen molar-refractivity contribution in [2.24, 2.45) is 0 Å². The minimum absolute atomic E-state index is 0.378. The molecule has 2 heterocycles. The van der Waals surface area contributed by atoms with Crippen molar-refractivity contribution in [1.82, 2.24) is 9.97 Å². The molecule has 16 heavy (non-hydrogen) atoms. The first-order valence-electron chi connectivity index (χ1n) is 5.71. The molecule has 1 unspecified atom stereocenters. The van der Waals surface area contributed by atoms with E-state index in [1.54, 1.807) is 0 Å². The summed E-state index contributed by atoms with van der Waals surface area (Å²) in [5, 5.41) is 6.48. The largest absolute Gasteiger partial charge is 0.379 e. The van der Waals surface area contributed by atoms with Gasteiger partial charge in [-0.2, -0.15) is 4.98 Å². The summed E-state index contributed by atoms with van der Waals surface area (Å²) in [6, 6.07) is 2.34. The second kappa shape index (κ2) is 5.12. The highest BCUT2D eigenvalue weighted by atomic mass is 16.5. The Hall–Kier alpha value is -1.36. The van der Waals surface area contributed by atoms with Gasteiger partial charge in [-0.25, -0.2) is 4.98 Å².